The maximum absolute atomic E-state index is 13.0. The first-order valence-corrected chi connectivity index (χ1v) is 14.4. The highest BCUT2D eigenvalue weighted by Crippen LogP contribution is 2.28. The molecule has 200 valence electrons. The number of benzene rings is 2. The number of aryl methyl sites for hydroxylation is 2. The van der Waals surface area contributed by atoms with Crippen molar-refractivity contribution in [3.63, 3.8) is 0 Å². The molecule has 4 rings (SSSR count). The lowest BCUT2D eigenvalue weighted by atomic mass is 9.93. The van der Waals surface area contributed by atoms with Crippen molar-refractivity contribution in [1.29, 1.82) is 0 Å². The fraction of sp³-hybridized carbons (Fsp3) is 0.387. The van der Waals surface area contributed by atoms with Gasteiger partial charge in [-0.15, -0.1) is 10.2 Å². The lowest BCUT2D eigenvalue weighted by Gasteiger charge is -2.17. The van der Waals surface area contributed by atoms with Gasteiger partial charge in [0, 0.05) is 31.7 Å². The second-order valence-electron chi connectivity index (χ2n) is 10.1. The molecule has 0 saturated carbocycles. The van der Waals surface area contributed by atoms with E-state index < -0.39 is 0 Å². The molecule has 0 aliphatic heterocycles. The number of aromatic nitrogens is 3. The molecule has 1 unspecified atom stereocenters. The Bertz CT molecular complexity index is 1250. The van der Waals surface area contributed by atoms with E-state index in [1.54, 1.807) is 23.9 Å². The molecule has 0 radical (unpaired) electrons. The van der Waals surface area contributed by atoms with Crippen molar-refractivity contribution in [2.75, 3.05) is 5.75 Å². The highest BCUT2D eigenvalue weighted by atomic mass is 32.2. The van der Waals surface area contributed by atoms with Gasteiger partial charge >= 0.3 is 0 Å². The van der Waals surface area contributed by atoms with E-state index in [2.05, 4.69) is 70.3 Å². The smallest absolute Gasteiger partial charge is 0.220 e. The molecule has 0 saturated heterocycles. The summed E-state index contributed by atoms with van der Waals surface area (Å²) < 4.78 is 15.3. The number of nitrogens with one attached hydrogen (secondary N) is 1. The number of thioether (sulfide) groups is 1. The van der Waals surface area contributed by atoms with Crippen LogP contribution in [-0.2, 0) is 30.7 Å². The minimum absolute atomic E-state index is 0.00967. The molecule has 1 aliphatic carbocycles. The first-order valence-electron chi connectivity index (χ1n) is 13.4. The number of rotatable bonds is 13. The monoisotopic (exact) mass is 532 g/mol. The van der Waals surface area contributed by atoms with E-state index in [1.807, 2.05) is 6.07 Å². The molecule has 5 nitrogen and oxygen atoms in total. The summed E-state index contributed by atoms with van der Waals surface area (Å²) in [5, 5.41) is 13.0. The van der Waals surface area contributed by atoms with Crippen molar-refractivity contribution in [2.24, 2.45) is 5.92 Å². The molecule has 1 heterocycles. The van der Waals surface area contributed by atoms with Gasteiger partial charge in [-0.2, -0.15) is 0 Å². The lowest BCUT2D eigenvalue weighted by Crippen LogP contribution is -2.22. The zero-order chi connectivity index (χ0) is 26.7. The van der Waals surface area contributed by atoms with Gasteiger partial charge < -0.3 is 9.88 Å². The van der Waals surface area contributed by atoms with Gasteiger partial charge in [-0.3, -0.25) is 4.79 Å². The molecular formula is C31H37FN4OS. The van der Waals surface area contributed by atoms with Crippen molar-refractivity contribution in [3.8, 4) is 0 Å². The summed E-state index contributed by atoms with van der Waals surface area (Å²) in [7, 11) is 0. The predicted molar refractivity (Wildman–Crippen MR) is 152 cm³/mol. The normalized spacial score (nSPS) is 15.2. The molecule has 0 bridgehead atoms. The zero-order valence-electron chi connectivity index (χ0n) is 22.3. The van der Waals surface area contributed by atoms with E-state index in [0.717, 1.165) is 60.9 Å². The molecule has 0 spiro atoms. The van der Waals surface area contributed by atoms with Crippen LogP contribution in [0.2, 0.25) is 0 Å². The Morgan fingerprint density at radius 3 is 2.61 bits per heavy atom. The van der Waals surface area contributed by atoms with E-state index in [1.165, 1.54) is 28.8 Å². The third kappa shape index (κ3) is 8.69. The first-order chi connectivity index (χ1) is 18.5. The average Bonchev–Trinajstić information content (AvgIpc) is 3.30. The Kier molecular flexibility index (Phi) is 10.3. The fourth-order valence-corrected chi connectivity index (χ4v) is 5.76. The third-order valence-corrected chi connectivity index (χ3v) is 7.74. The summed E-state index contributed by atoms with van der Waals surface area (Å²) in [5.41, 5.74) is 4.98. The van der Waals surface area contributed by atoms with Crippen LogP contribution in [0, 0.1) is 11.7 Å². The SMILES string of the molecule is CC1=CC(C)CC(CSc2nnc(CCCCC(=O)NCc3ccc(F)cc3)n2CCc2ccccc2)=C1. The van der Waals surface area contributed by atoms with Crippen LogP contribution >= 0.6 is 11.8 Å². The quantitative estimate of drug-likeness (QED) is 0.197. The molecular weight excluding hydrogens is 495 g/mol. The van der Waals surface area contributed by atoms with Gasteiger partial charge in [0.25, 0.3) is 0 Å². The van der Waals surface area contributed by atoms with E-state index in [-0.39, 0.29) is 11.7 Å². The lowest BCUT2D eigenvalue weighted by molar-refractivity contribution is -0.121. The van der Waals surface area contributed by atoms with Crippen LogP contribution in [0.15, 0.2) is 83.1 Å². The number of unbranched alkanes of at least 4 members (excludes halogenated alkanes) is 1. The minimum atomic E-state index is -0.272. The summed E-state index contributed by atoms with van der Waals surface area (Å²) in [6.07, 6.45) is 9.54. The Labute approximate surface area is 229 Å². The summed E-state index contributed by atoms with van der Waals surface area (Å²) in [6.45, 7) is 5.69. The molecule has 3 aromatic rings. The number of hydrogen-bond donors (Lipinski definition) is 1. The Balaban J connectivity index is 1.30. The second kappa shape index (κ2) is 14.1. The van der Waals surface area contributed by atoms with Crippen LogP contribution in [0.1, 0.15) is 56.5 Å². The fourth-order valence-electron chi connectivity index (χ4n) is 4.79. The molecule has 2 aromatic carbocycles. The standard InChI is InChI=1S/C31H37FN4OS/c1-23-18-24(2)20-27(19-23)22-38-31-35-34-29(36(31)17-16-25-8-4-3-5-9-25)10-6-7-11-30(37)33-21-26-12-14-28(32)15-13-26/h3-5,8-9,12-15,18-19,24H,6-7,10-11,16-17,20-22H2,1-2H3,(H,33,37). The highest BCUT2D eigenvalue weighted by molar-refractivity contribution is 7.99. The topological polar surface area (TPSA) is 59.8 Å². The van der Waals surface area contributed by atoms with Crippen molar-refractivity contribution >= 4 is 17.7 Å². The van der Waals surface area contributed by atoms with Crippen LogP contribution in [0.3, 0.4) is 0 Å². The van der Waals surface area contributed by atoms with Gasteiger partial charge in [-0.1, -0.05) is 84.4 Å². The number of nitrogens with zero attached hydrogens (tertiary/aromatic N) is 3. The van der Waals surface area contributed by atoms with Crippen molar-refractivity contribution < 1.29 is 9.18 Å². The van der Waals surface area contributed by atoms with Crippen LogP contribution < -0.4 is 5.32 Å². The first kappa shape index (κ1) is 27.8. The van der Waals surface area contributed by atoms with Crippen LogP contribution in [0.5, 0.6) is 0 Å². The number of carbonyl (C=O) groups is 1. The van der Waals surface area contributed by atoms with Crippen molar-refractivity contribution in [1.82, 2.24) is 20.1 Å². The van der Waals surface area contributed by atoms with Gasteiger partial charge in [0.1, 0.15) is 11.6 Å². The molecule has 7 heteroatoms. The van der Waals surface area contributed by atoms with E-state index >= 15 is 0 Å². The summed E-state index contributed by atoms with van der Waals surface area (Å²) in [6, 6.07) is 16.7. The van der Waals surface area contributed by atoms with Crippen LogP contribution in [-0.4, -0.2) is 26.4 Å². The largest absolute Gasteiger partial charge is 0.352 e. The van der Waals surface area contributed by atoms with E-state index in [0.29, 0.717) is 18.9 Å². The van der Waals surface area contributed by atoms with Gasteiger partial charge in [0.15, 0.2) is 5.16 Å². The summed E-state index contributed by atoms with van der Waals surface area (Å²) in [4.78, 5) is 12.3. The molecule has 1 aliphatic rings. The van der Waals surface area contributed by atoms with Crippen molar-refractivity contribution in [2.45, 2.75) is 70.6 Å². The number of carbonyl (C=O) groups excluding carboxylic acids is 1. The van der Waals surface area contributed by atoms with E-state index in [9.17, 15) is 9.18 Å². The Morgan fingerprint density at radius 1 is 1.05 bits per heavy atom. The Hall–Kier alpha value is -3.19. The van der Waals surface area contributed by atoms with E-state index in [4.69, 9.17) is 0 Å². The molecule has 1 aromatic heterocycles. The summed E-state index contributed by atoms with van der Waals surface area (Å²) >= 11 is 1.77. The molecule has 1 N–H and O–H groups in total. The molecule has 38 heavy (non-hydrogen) atoms. The molecule has 0 fully saturated rings. The summed E-state index contributed by atoms with van der Waals surface area (Å²) in [5.74, 6) is 2.22. The Morgan fingerprint density at radius 2 is 1.84 bits per heavy atom. The minimum Gasteiger partial charge on any atom is -0.352 e. The maximum Gasteiger partial charge on any atom is 0.220 e. The number of hydrogen-bond acceptors (Lipinski definition) is 4. The number of halogens is 1. The predicted octanol–water partition coefficient (Wildman–Crippen LogP) is 6.69. The highest BCUT2D eigenvalue weighted by Gasteiger charge is 2.16. The van der Waals surface area contributed by atoms with Crippen LogP contribution in [0.4, 0.5) is 4.39 Å². The number of amides is 1. The van der Waals surface area contributed by atoms with Crippen molar-refractivity contribution in [3.05, 3.63) is 101 Å². The molecule has 1 amide bonds. The maximum atomic E-state index is 13.0. The zero-order valence-corrected chi connectivity index (χ0v) is 23.1. The van der Waals surface area contributed by atoms with Gasteiger partial charge in [0.05, 0.1) is 0 Å². The second-order valence-corrected chi connectivity index (χ2v) is 11.0. The third-order valence-electron chi connectivity index (χ3n) is 6.67. The molecule has 1 atom stereocenters. The van der Waals surface area contributed by atoms with Gasteiger partial charge in [0.2, 0.25) is 5.91 Å². The number of allylic oxidation sites excluding steroid dienone is 3. The van der Waals surface area contributed by atoms with Gasteiger partial charge in [-0.05, 0) is 61.8 Å². The van der Waals surface area contributed by atoms with Crippen LogP contribution in [0.25, 0.3) is 0 Å². The average molecular weight is 533 g/mol. The van der Waals surface area contributed by atoms with Gasteiger partial charge in [-0.25, -0.2) is 4.39 Å².